The highest BCUT2D eigenvalue weighted by Gasteiger charge is 2.30. The van der Waals surface area contributed by atoms with Crippen LogP contribution >= 0.6 is 0 Å². The zero-order valence-corrected chi connectivity index (χ0v) is 22.5. The van der Waals surface area contributed by atoms with Crippen molar-refractivity contribution in [1.82, 2.24) is 10.2 Å². The van der Waals surface area contributed by atoms with E-state index >= 15 is 0 Å². The molecular weight excluding hydrogens is 494 g/mol. The van der Waals surface area contributed by atoms with Crippen molar-refractivity contribution in [1.29, 1.82) is 0 Å². The van der Waals surface area contributed by atoms with Crippen molar-refractivity contribution in [3.05, 3.63) is 113 Å². The summed E-state index contributed by atoms with van der Waals surface area (Å²) in [5, 5.41) is 5.22. The van der Waals surface area contributed by atoms with Crippen molar-refractivity contribution in [2.75, 3.05) is 18.4 Å². The fourth-order valence-corrected chi connectivity index (χ4v) is 6.13. The molecule has 4 aromatic rings. The molecule has 1 aliphatic rings. The van der Waals surface area contributed by atoms with Crippen LogP contribution in [-0.4, -0.2) is 33.7 Å². The minimum atomic E-state index is -2.34. The summed E-state index contributed by atoms with van der Waals surface area (Å²) in [6.45, 7) is 0.881. The van der Waals surface area contributed by atoms with Gasteiger partial charge in [-0.15, -0.1) is 0 Å². The number of fused-ring (bicyclic) bond motifs is 2. The van der Waals surface area contributed by atoms with E-state index in [4.69, 9.17) is 0 Å². The van der Waals surface area contributed by atoms with Gasteiger partial charge in [0, 0.05) is 6.54 Å². The summed E-state index contributed by atoms with van der Waals surface area (Å²) in [5.74, 6) is -0.148. The molecule has 0 saturated carbocycles. The molecule has 1 amide bonds. The highest BCUT2D eigenvalue weighted by atomic mass is 32.2. The minimum absolute atomic E-state index is 0.0493. The molecule has 3 atom stereocenters. The van der Waals surface area contributed by atoms with Crippen LogP contribution in [0.3, 0.4) is 0 Å². The third-order valence-electron chi connectivity index (χ3n) is 7.12. The number of nitrogens with one attached hydrogen (secondary N) is 1. The molecule has 196 valence electrons. The number of rotatable bonds is 9. The summed E-state index contributed by atoms with van der Waals surface area (Å²) in [7, 11) is 4.11. The van der Waals surface area contributed by atoms with E-state index in [2.05, 4.69) is 42.5 Å². The number of aryl methyl sites for hydroxylation is 1. The molecule has 2 N–H and O–H groups in total. The molecule has 4 aromatic carbocycles. The molecule has 0 saturated heterocycles. The fraction of sp³-hybridized carbons (Fsp3) is 0.258. The van der Waals surface area contributed by atoms with Crippen LogP contribution in [0.25, 0.3) is 10.8 Å². The minimum Gasteiger partial charge on any atom is -0.349 e. The number of amides is 1. The third-order valence-corrected chi connectivity index (χ3v) is 7.92. The van der Waals surface area contributed by atoms with Gasteiger partial charge in [0.1, 0.15) is 0 Å². The van der Waals surface area contributed by atoms with E-state index in [9.17, 15) is 13.6 Å². The van der Waals surface area contributed by atoms with Crippen molar-refractivity contribution in [2.45, 2.75) is 37.9 Å². The Morgan fingerprint density at radius 3 is 2.45 bits per heavy atom. The Hall–Kier alpha value is -3.52. The first kappa shape index (κ1) is 26.1. The van der Waals surface area contributed by atoms with E-state index in [1.807, 2.05) is 72.8 Å². The van der Waals surface area contributed by atoms with Crippen LogP contribution in [0.4, 0.5) is 5.69 Å². The SMILES string of the molecule is CN(C)Cc1ccc2c(c1)CCC2NC(=O)CC(c1ccccc1)N(c1ccc2ccccc2c1)S(=O)O. The highest BCUT2D eigenvalue weighted by molar-refractivity contribution is 7.80. The molecule has 0 aromatic heterocycles. The zero-order chi connectivity index (χ0) is 26.6. The van der Waals surface area contributed by atoms with E-state index in [0.717, 1.165) is 41.3 Å². The van der Waals surface area contributed by atoms with Crippen molar-refractivity contribution in [2.24, 2.45) is 0 Å². The molecule has 7 heteroatoms. The van der Waals surface area contributed by atoms with E-state index in [1.54, 1.807) is 0 Å². The van der Waals surface area contributed by atoms with Crippen molar-refractivity contribution < 1.29 is 13.6 Å². The predicted molar refractivity (Wildman–Crippen MR) is 154 cm³/mol. The number of carbonyl (C=O) groups excluding carboxylic acids is 1. The maximum atomic E-state index is 13.5. The standard InChI is InChI=1S/C31H33N3O3S/c1-33(2)21-22-12-16-28-26(18-22)14-17-29(28)32-31(35)20-30(24-9-4-3-5-10-24)34(38(36)37)27-15-13-23-8-6-7-11-25(23)19-27/h3-13,15-16,18-19,29-30H,14,17,20-21H2,1-2H3,(H,32,35)(H,36,37). The molecule has 0 aliphatic heterocycles. The summed E-state index contributed by atoms with van der Waals surface area (Å²) in [6, 6.07) is 28.9. The van der Waals surface area contributed by atoms with Crippen LogP contribution in [-0.2, 0) is 29.0 Å². The maximum Gasteiger partial charge on any atom is 0.262 e. The second kappa shape index (κ2) is 11.5. The molecule has 5 rings (SSSR count). The molecule has 0 heterocycles. The Kier molecular flexibility index (Phi) is 7.88. The summed E-state index contributed by atoms with van der Waals surface area (Å²) < 4.78 is 24.6. The quantitative estimate of drug-likeness (QED) is 0.271. The smallest absolute Gasteiger partial charge is 0.262 e. The van der Waals surface area contributed by atoms with Gasteiger partial charge in [0.05, 0.1) is 24.2 Å². The first-order valence-electron chi connectivity index (χ1n) is 12.9. The van der Waals surface area contributed by atoms with Crippen LogP contribution in [0.1, 0.15) is 47.2 Å². The monoisotopic (exact) mass is 527 g/mol. The third kappa shape index (κ3) is 5.80. The number of benzene rings is 4. The molecule has 38 heavy (non-hydrogen) atoms. The average Bonchev–Trinajstić information content (AvgIpc) is 3.29. The lowest BCUT2D eigenvalue weighted by Gasteiger charge is -2.30. The van der Waals surface area contributed by atoms with Gasteiger partial charge < -0.3 is 10.2 Å². The van der Waals surface area contributed by atoms with Gasteiger partial charge in [0.25, 0.3) is 11.3 Å². The topological polar surface area (TPSA) is 72.9 Å². The van der Waals surface area contributed by atoms with Crippen LogP contribution in [0.2, 0.25) is 0 Å². The van der Waals surface area contributed by atoms with Crippen molar-refractivity contribution in [3.63, 3.8) is 0 Å². The van der Waals surface area contributed by atoms with Gasteiger partial charge in [0.2, 0.25) is 5.91 Å². The number of anilines is 1. The molecule has 0 bridgehead atoms. The predicted octanol–water partition coefficient (Wildman–Crippen LogP) is 5.78. The van der Waals surface area contributed by atoms with Gasteiger partial charge >= 0.3 is 0 Å². The molecule has 0 fully saturated rings. The molecule has 0 spiro atoms. The second-order valence-electron chi connectivity index (χ2n) is 10.1. The average molecular weight is 528 g/mol. The second-order valence-corrected chi connectivity index (χ2v) is 11.0. The van der Waals surface area contributed by atoms with Gasteiger partial charge in [-0.05, 0) is 72.1 Å². The van der Waals surface area contributed by atoms with Crippen LogP contribution < -0.4 is 9.62 Å². The summed E-state index contributed by atoms with van der Waals surface area (Å²) in [6.07, 6.45) is 1.82. The first-order valence-corrected chi connectivity index (χ1v) is 13.9. The Morgan fingerprint density at radius 2 is 1.71 bits per heavy atom. The van der Waals surface area contributed by atoms with E-state index in [0.29, 0.717) is 5.69 Å². The molecule has 0 radical (unpaired) electrons. The summed E-state index contributed by atoms with van der Waals surface area (Å²) in [5.41, 5.74) is 5.10. The lowest BCUT2D eigenvalue weighted by Crippen LogP contribution is -2.36. The normalized spacial score (nSPS) is 16.3. The number of hydrogen-bond acceptors (Lipinski definition) is 3. The van der Waals surface area contributed by atoms with Crippen LogP contribution in [0.5, 0.6) is 0 Å². The van der Waals surface area contributed by atoms with E-state index in [-0.39, 0.29) is 18.4 Å². The first-order chi connectivity index (χ1) is 18.4. The zero-order valence-electron chi connectivity index (χ0n) is 21.7. The Labute approximate surface area is 226 Å². The Bertz CT molecular complexity index is 1460. The highest BCUT2D eigenvalue weighted by Crippen LogP contribution is 2.35. The maximum absolute atomic E-state index is 13.5. The van der Waals surface area contributed by atoms with Crippen LogP contribution in [0.15, 0.2) is 91.0 Å². The van der Waals surface area contributed by atoms with Gasteiger partial charge in [-0.1, -0.05) is 78.9 Å². The van der Waals surface area contributed by atoms with Crippen molar-refractivity contribution in [3.8, 4) is 0 Å². The largest absolute Gasteiger partial charge is 0.349 e. The van der Waals surface area contributed by atoms with Crippen molar-refractivity contribution >= 4 is 33.6 Å². The van der Waals surface area contributed by atoms with E-state index < -0.39 is 17.3 Å². The van der Waals surface area contributed by atoms with E-state index in [1.165, 1.54) is 15.4 Å². The molecule has 1 aliphatic carbocycles. The fourth-order valence-electron chi connectivity index (χ4n) is 5.42. The summed E-state index contributed by atoms with van der Waals surface area (Å²) in [4.78, 5) is 15.6. The Morgan fingerprint density at radius 1 is 0.974 bits per heavy atom. The van der Waals surface area contributed by atoms with Gasteiger partial charge in [-0.25, -0.2) is 4.21 Å². The summed E-state index contributed by atoms with van der Waals surface area (Å²) >= 11 is -2.34. The Balaban J connectivity index is 1.40. The molecular formula is C31H33N3O3S. The molecule has 6 nitrogen and oxygen atoms in total. The molecule has 3 unspecified atom stereocenters. The number of hydrogen-bond donors (Lipinski definition) is 2. The van der Waals surface area contributed by atoms with Gasteiger partial charge in [-0.3, -0.25) is 13.7 Å². The van der Waals surface area contributed by atoms with Gasteiger partial charge in [-0.2, -0.15) is 0 Å². The number of nitrogens with zero attached hydrogens (tertiary/aromatic N) is 2. The van der Waals surface area contributed by atoms with Crippen LogP contribution in [0, 0.1) is 0 Å². The lowest BCUT2D eigenvalue weighted by atomic mass is 10.0. The lowest BCUT2D eigenvalue weighted by molar-refractivity contribution is -0.122. The number of carbonyl (C=O) groups is 1. The van der Waals surface area contributed by atoms with Gasteiger partial charge in [0.15, 0.2) is 0 Å².